The number of carbonyl (C=O) groups excluding carboxylic acids is 1. The minimum atomic E-state index is 0.0930. The van der Waals surface area contributed by atoms with Gasteiger partial charge in [0.15, 0.2) is 0 Å². The number of likely N-dealkylation sites (N-methyl/N-ethyl adjacent to an activating group) is 1. The van der Waals surface area contributed by atoms with Gasteiger partial charge in [-0.2, -0.15) is 5.10 Å². The number of aromatic nitrogens is 2. The summed E-state index contributed by atoms with van der Waals surface area (Å²) >= 11 is 0. The normalized spacial score (nSPS) is 22.2. The fourth-order valence-electron chi connectivity index (χ4n) is 3.53. The molecule has 1 unspecified atom stereocenters. The molecule has 1 saturated heterocycles. The molecule has 0 radical (unpaired) electrons. The molecule has 2 heterocycles. The molecule has 0 saturated carbocycles. The summed E-state index contributed by atoms with van der Waals surface area (Å²) in [5.74, 6) is 0.213. The summed E-state index contributed by atoms with van der Waals surface area (Å²) in [5, 5.41) is 4.23. The van der Waals surface area contributed by atoms with E-state index in [-0.39, 0.29) is 12.0 Å². The quantitative estimate of drug-likeness (QED) is 0.798. The van der Waals surface area contributed by atoms with E-state index in [0.29, 0.717) is 13.2 Å². The minimum Gasteiger partial charge on any atom is -0.374 e. The lowest BCUT2D eigenvalue weighted by atomic mass is 10.0. The maximum Gasteiger partial charge on any atom is 0.240 e. The fourth-order valence-corrected chi connectivity index (χ4v) is 3.53. The second-order valence-corrected chi connectivity index (χ2v) is 6.54. The van der Waals surface area contributed by atoms with E-state index in [0.717, 1.165) is 39.0 Å². The van der Waals surface area contributed by atoms with Gasteiger partial charge in [-0.15, -0.1) is 0 Å². The van der Waals surface area contributed by atoms with Gasteiger partial charge in [0.2, 0.25) is 5.91 Å². The molecule has 1 atom stereocenters. The molecule has 0 bridgehead atoms. The zero-order valence-electron chi connectivity index (χ0n) is 14.6. The third-order valence-electron chi connectivity index (χ3n) is 4.76. The molecule has 6 nitrogen and oxygen atoms in total. The van der Waals surface area contributed by atoms with Crippen LogP contribution < -0.4 is 0 Å². The predicted octanol–water partition coefficient (Wildman–Crippen LogP) is 1.89. The molecule has 1 aliphatic heterocycles. The van der Waals surface area contributed by atoms with Crippen molar-refractivity contribution in [3.63, 3.8) is 0 Å². The summed E-state index contributed by atoms with van der Waals surface area (Å²) in [6, 6.07) is 1.92. The number of amides is 1. The maximum absolute atomic E-state index is 12.8. The van der Waals surface area contributed by atoms with Crippen LogP contribution in [0.25, 0.3) is 0 Å². The Bertz CT molecular complexity index is 555. The molecule has 2 aliphatic rings. The highest BCUT2D eigenvalue weighted by Gasteiger charge is 2.25. The van der Waals surface area contributed by atoms with E-state index in [4.69, 9.17) is 4.74 Å². The molecule has 6 heteroatoms. The first-order valence-corrected chi connectivity index (χ1v) is 9.07. The van der Waals surface area contributed by atoms with Gasteiger partial charge in [0.25, 0.3) is 0 Å². The summed E-state index contributed by atoms with van der Waals surface area (Å²) in [5.41, 5.74) is 1.22. The van der Waals surface area contributed by atoms with Crippen LogP contribution in [0.3, 0.4) is 0 Å². The van der Waals surface area contributed by atoms with E-state index in [1.165, 1.54) is 18.5 Å². The van der Waals surface area contributed by atoms with Crippen molar-refractivity contribution in [2.45, 2.75) is 45.3 Å². The number of carbonyl (C=O) groups is 1. The smallest absolute Gasteiger partial charge is 0.240 e. The molecule has 1 aromatic rings. The van der Waals surface area contributed by atoms with Gasteiger partial charge in [-0.25, -0.2) is 0 Å². The Morgan fingerprint density at radius 3 is 3.08 bits per heavy atom. The number of ether oxygens (including phenoxy) is 1. The van der Waals surface area contributed by atoms with E-state index in [1.807, 2.05) is 21.8 Å². The lowest BCUT2D eigenvalue weighted by molar-refractivity contribution is -0.132. The third kappa shape index (κ3) is 4.45. The van der Waals surface area contributed by atoms with Crippen molar-refractivity contribution in [2.75, 3.05) is 32.8 Å². The first-order valence-electron chi connectivity index (χ1n) is 9.07. The topological polar surface area (TPSA) is 50.6 Å². The number of nitrogens with zero attached hydrogens (tertiary/aromatic N) is 4. The Morgan fingerprint density at radius 2 is 2.38 bits per heavy atom. The van der Waals surface area contributed by atoms with Gasteiger partial charge in [-0.05, 0) is 38.7 Å². The largest absolute Gasteiger partial charge is 0.374 e. The second kappa shape index (κ2) is 8.44. The van der Waals surface area contributed by atoms with E-state index in [9.17, 15) is 4.79 Å². The van der Waals surface area contributed by atoms with E-state index >= 15 is 0 Å². The van der Waals surface area contributed by atoms with Crippen molar-refractivity contribution >= 4 is 5.91 Å². The van der Waals surface area contributed by atoms with Crippen LogP contribution in [-0.4, -0.2) is 64.4 Å². The summed E-state index contributed by atoms with van der Waals surface area (Å²) in [6.07, 6.45) is 10.6. The van der Waals surface area contributed by atoms with Crippen molar-refractivity contribution in [3.8, 4) is 0 Å². The molecule has 0 spiro atoms. The summed E-state index contributed by atoms with van der Waals surface area (Å²) in [7, 11) is 0. The zero-order chi connectivity index (χ0) is 16.8. The number of allylic oxidation sites excluding steroid dienone is 2. The van der Waals surface area contributed by atoms with Crippen LogP contribution in [0.2, 0.25) is 0 Å². The van der Waals surface area contributed by atoms with Gasteiger partial charge in [0.05, 0.1) is 25.8 Å². The molecule has 132 valence electrons. The maximum atomic E-state index is 12.8. The first kappa shape index (κ1) is 17.2. The Balaban J connectivity index is 1.53. The summed E-state index contributed by atoms with van der Waals surface area (Å²) in [6.45, 7) is 6.30. The van der Waals surface area contributed by atoms with E-state index < -0.39 is 0 Å². The van der Waals surface area contributed by atoms with Gasteiger partial charge in [0.1, 0.15) is 0 Å². The highest BCUT2D eigenvalue weighted by Crippen LogP contribution is 2.21. The molecule has 0 aromatic carbocycles. The molecular weight excluding hydrogens is 304 g/mol. The number of hydrogen-bond donors (Lipinski definition) is 0. The highest BCUT2D eigenvalue weighted by molar-refractivity contribution is 5.80. The van der Waals surface area contributed by atoms with Crippen molar-refractivity contribution in [2.24, 2.45) is 0 Å². The van der Waals surface area contributed by atoms with Gasteiger partial charge in [-0.3, -0.25) is 14.4 Å². The summed E-state index contributed by atoms with van der Waals surface area (Å²) < 4.78 is 7.72. The number of morpholine rings is 1. The van der Waals surface area contributed by atoms with Gasteiger partial charge in [0, 0.05) is 37.7 Å². The number of rotatable bonds is 6. The van der Waals surface area contributed by atoms with Crippen molar-refractivity contribution in [1.29, 1.82) is 0 Å². The second-order valence-electron chi connectivity index (χ2n) is 6.54. The first-order chi connectivity index (χ1) is 11.8. The summed E-state index contributed by atoms with van der Waals surface area (Å²) in [4.78, 5) is 16.9. The Hall–Kier alpha value is -1.66. The standard InChI is InChI=1S/C18H28N4O2/c1-2-22(16-7-4-3-5-8-16)18(23)15-20-11-12-24-17(13-20)14-21-10-6-9-19-21/h6-7,9-10,17H,2-5,8,11-15H2,1H3. The molecule has 3 rings (SSSR count). The van der Waals surface area contributed by atoms with Crippen LogP contribution in [0.15, 0.2) is 30.2 Å². The molecule has 0 N–H and O–H groups in total. The molecule has 1 aromatic heterocycles. The average Bonchev–Trinajstić information content (AvgIpc) is 3.10. The Labute approximate surface area is 144 Å². The number of hydrogen-bond acceptors (Lipinski definition) is 4. The van der Waals surface area contributed by atoms with Crippen LogP contribution in [0, 0.1) is 0 Å². The lowest BCUT2D eigenvalue weighted by Gasteiger charge is -2.34. The van der Waals surface area contributed by atoms with Crippen LogP contribution in [0.4, 0.5) is 0 Å². The molecule has 24 heavy (non-hydrogen) atoms. The zero-order valence-corrected chi connectivity index (χ0v) is 14.6. The van der Waals surface area contributed by atoms with Crippen LogP contribution >= 0.6 is 0 Å². The third-order valence-corrected chi connectivity index (χ3v) is 4.76. The van der Waals surface area contributed by atoms with Gasteiger partial charge >= 0.3 is 0 Å². The highest BCUT2D eigenvalue weighted by atomic mass is 16.5. The predicted molar refractivity (Wildman–Crippen MR) is 92.3 cm³/mol. The van der Waals surface area contributed by atoms with E-state index in [1.54, 1.807) is 6.20 Å². The van der Waals surface area contributed by atoms with Crippen LogP contribution in [0.5, 0.6) is 0 Å². The molecular formula is C18H28N4O2. The molecule has 1 fully saturated rings. The monoisotopic (exact) mass is 332 g/mol. The van der Waals surface area contributed by atoms with Crippen molar-refractivity contribution < 1.29 is 9.53 Å². The average molecular weight is 332 g/mol. The molecule has 1 amide bonds. The fraction of sp³-hybridized carbons (Fsp3) is 0.667. The van der Waals surface area contributed by atoms with Gasteiger partial charge in [-0.1, -0.05) is 6.08 Å². The van der Waals surface area contributed by atoms with Crippen LogP contribution in [0.1, 0.15) is 32.6 Å². The Morgan fingerprint density at radius 1 is 1.46 bits per heavy atom. The van der Waals surface area contributed by atoms with Crippen molar-refractivity contribution in [3.05, 3.63) is 30.2 Å². The lowest BCUT2D eigenvalue weighted by Crippen LogP contribution is -2.48. The van der Waals surface area contributed by atoms with Crippen LogP contribution in [-0.2, 0) is 16.1 Å². The van der Waals surface area contributed by atoms with Crippen molar-refractivity contribution in [1.82, 2.24) is 19.6 Å². The Kier molecular flexibility index (Phi) is 6.04. The molecule has 1 aliphatic carbocycles. The van der Waals surface area contributed by atoms with Gasteiger partial charge < -0.3 is 9.64 Å². The van der Waals surface area contributed by atoms with E-state index in [2.05, 4.69) is 23.0 Å². The minimum absolute atomic E-state index is 0.0930. The SMILES string of the molecule is CCN(C(=O)CN1CCOC(Cn2cccn2)C1)C1=CCCCC1.